The monoisotopic (exact) mass is 405 g/mol. The second kappa shape index (κ2) is 15.8. The van der Waals surface area contributed by atoms with Gasteiger partial charge in [-0.25, -0.2) is 0 Å². The second-order valence-corrected chi connectivity index (χ2v) is 6.05. The van der Waals surface area contributed by atoms with Crippen LogP contribution in [0.1, 0.15) is 25.7 Å². The van der Waals surface area contributed by atoms with Gasteiger partial charge in [0.25, 0.3) is 0 Å². The van der Waals surface area contributed by atoms with Gasteiger partial charge in [0.05, 0.1) is 90.0 Å². The van der Waals surface area contributed by atoms with E-state index < -0.39 is 23.3 Å². The van der Waals surface area contributed by atoms with Crippen LogP contribution in [0, 0.1) is 16.7 Å². The number of aliphatic carboxylic acids is 3. The highest BCUT2D eigenvalue weighted by molar-refractivity contribution is 5.67. The van der Waals surface area contributed by atoms with Crippen molar-refractivity contribution in [3.8, 4) is 6.07 Å². The van der Waals surface area contributed by atoms with Crippen LogP contribution in [-0.4, -0.2) is 86.1 Å². The SMILES string of the molecule is N#CCCOCC(COCCC(=O)O)(COCCC(=O)O)COCCC(=O)O. The van der Waals surface area contributed by atoms with Crippen LogP contribution >= 0.6 is 0 Å². The zero-order valence-electron chi connectivity index (χ0n) is 15.6. The molecule has 0 fully saturated rings. The van der Waals surface area contributed by atoms with Gasteiger partial charge >= 0.3 is 17.9 Å². The molecule has 11 nitrogen and oxygen atoms in total. The molecule has 0 radical (unpaired) electrons. The highest BCUT2D eigenvalue weighted by Gasteiger charge is 2.32. The summed E-state index contributed by atoms with van der Waals surface area (Å²) < 4.78 is 21.7. The van der Waals surface area contributed by atoms with Crippen molar-refractivity contribution in [3.63, 3.8) is 0 Å². The van der Waals surface area contributed by atoms with Gasteiger partial charge in [-0.2, -0.15) is 5.26 Å². The lowest BCUT2D eigenvalue weighted by atomic mass is 9.92. The fourth-order valence-electron chi connectivity index (χ4n) is 2.00. The fourth-order valence-corrected chi connectivity index (χ4v) is 2.00. The average molecular weight is 405 g/mol. The van der Waals surface area contributed by atoms with Gasteiger partial charge in [-0.3, -0.25) is 14.4 Å². The van der Waals surface area contributed by atoms with E-state index in [4.69, 9.17) is 39.5 Å². The van der Waals surface area contributed by atoms with Crippen LogP contribution in [0.2, 0.25) is 0 Å². The first-order valence-electron chi connectivity index (χ1n) is 8.64. The molecule has 0 rings (SSSR count). The Morgan fingerprint density at radius 2 is 1.00 bits per heavy atom. The van der Waals surface area contributed by atoms with Crippen molar-refractivity contribution < 1.29 is 48.7 Å². The third-order valence-electron chi connectivity index (χ3n) is 3.37. The topological polar surface area (TPSA) is 173 Å². The molecule has 0 bridgehead atoms. The lowest BCUT2D eigenvalue weighted by Gasteiger charge is -2.32. The summed E-state index contributed by atoms with van der Waals surface area (Å²) in [6.07, 6.45) is -0.447. The quantitative estimate of drug-likeness (QED) is 0.253. The summed E-state index contributed by atoms with van der Waals surface area (Å²) in [4.78, 5) is 31.9. The number of hydrogen-bond acceptors (Lipinski definition) is 8. The van der Waals surface area contributed by atoms with E-state index in [2.05, 4.69) is 0 Å². The van der Waals surface area contributed by atoms with E-state index in [1.807, 2.05) is 6.07 Å². The summed E-state index contributed by atoms with van der Waals surface area (Å²) >= 11 is 0. The van der Waals surface area contributed by atoms with Crippen molar-refractivity contribution in [2.24, 2.45) is 5.41 Å². The van der Waals surface area contributed by atoms with Gasteiger partial charge in [-0.15, -0.1) is 0 Å². The Hall–Kier alpha value is -2.26. The first-order valence-corrected chi connectivity index (χ1v) is 8.64. The Morgan fingerprint density at radius 3 is 1.29 bits per heavy atom. The van der Waals surface area contributed by atoms with E-state index in [0.717, 1.165) is 0 Å². The van der Waals surface area contributed by atoms with Gasteiger partial charge in [0.2, 0.25) is 0 Å². The molecule has 0 aliphatic rings. The number of nitriles is 1. The first kappa shape index (κ1) is 25.7. The Labute approximate surface area is 162 Å². The molecule has 0 aliphatic carbocycles. The smallest absolute Gasteiger partial charge is 0.305 e. The molecular weight excluding hydrogens is 378 g/mol. The van der Waals surface area contributed by atoms with Gasteiger partial charge in [0.15, 0.2) is 0 Å². The van der Waals surface area contributed by atoms with Crippen molar-refractivity contribution in [2.45, 2.75) is 25.7 Å². The number of nitrogens with zero attached hydrogens (tertiary/aromatic N) is 1. The second-order valence-electron chi connectivity index (χ2n) is 6.05. The number of carboxylic acids is 3. The third-order valence-corrected chi connectivity index (χ3v) is 3.37. The summed E-state index contributed by atoms with van der Waals surface area (Å²) in [6, 6.07) is 1.93. The minimum absolute atomic E-state index is 0.00697. The van der Waals surface area contributed by atoms with Crippen LogP contribution in [0.5, 0.6) is 0 Å². The van der Waals surface area contributed by atoms with E-state index in [9.17, 15) is 14.4 Å². The zero-order valence-corrected chi connectivity index (χ0v) is 15.6. The summed E-state index contributed by atoms with van der Waals surface area (Å²) in [5.74, 6) is -3.07. The lowest BCUT2D eigenvalue weighted by molar-refractivity contribution is -0.141. The van der Waals surface area contributed by atoms with Crippen LogP contribution < -0.4 is 0 Å². The van der Waals surface area contributed by atoms with E-state index in [-0.39, 0.29) is 78.5 Å². The third kappa shape index (κ3) is 14.9. The number of carboxylic acid groups (broad SMARTS) is 3. The van der Waals surface area contributed by atoms with Gasteiger partial charge < -0.3 is 34.3 Å². The highest BCUT2D eigenvalue weighted by Crippen LogP contribution is 2.21. The van der Waals surface area contributed by atoms with Crippen LogP contribution in [0.15, 0.2) is 0 Å². The minimum atomic E-state index is -1.02. The Bertz CT molecular complexity index is 461. The number of rotatable bonds is 19. The largest absolute Gasteiger partial charge is 0.481 e. The zero-order chi connectivity index (χ0) is 21.3. The highest BCUT2D eigenvalue weighted by atomic mass is 16.5. The Morgan fingerprint density at radius 1 is 0.679 bits per heavy atom. The maximum Gasteiger partial charge on any atom is 0.305 e. The molecular formula is C17H27NO10. The summed E-state index contributed by atoms with van der Waals surface area (Å²) in [6.45, 7) is 0.00500. The minimum Gasteiger partial charge on any atom is -0.481 e. The molecule has 0 saturated heterocycles. The predicted molar refractivity (Wildman–Crippen MR) is 92.7 cm³/mol. The van der Waals surface area contributed by atoms with Gasteiger partial charge in [0.1, 0.15) is 0 Å². The Kier molecular flexibility index (Phi) is 14.5. The standard InChI is InChI=1S/C17H27NO10/c18-5-1-6-25-10-17(11-26-7-2-14(19)20,12-27-8-3-15(21)22)13-28-9-4-16(23)24/h1-4,6-13H2,(H,19,20)(H,21,22)(H,23,24). The van der Waals surface area contributed by atoms with Gasteiger partial charge in [-0.05, 0) is 0 Å². The van der Waals surface area contributed by atoms with Crippen molar-refractivity contribution in [1.29, 1.82) is 5.26 Å². The molecule has 3 N–H and O–H groups in total. The average Bonchev–Trinajstić information content (AvgIpc) is 2.62. The molecule has 0 heterocycles. The van der Waals surface area contributed by atoms with Crippen molar-refractivity contribution in [3.05, 3.63) is 0 Å². The molecule has 0 aliphatic heterocycles. The summed E-state index contributed by atoms with van der Waals surface area (Å²) in [5.41, 5.74) is -0.912. The van der Waals surface area contributed by atoms with Gasteiger partial charge in [-0.1, -0.05) is 0 Å². The van der Waals surface area contributed by atoms with Gasteiger partial charge in [0, 0.05) is 0 Å². The summed E-state index contributed by atoms with van der Waals surface area (Å²) in [5, 5.41) is 34.7. The molecule has 28 heavy (non-hydrogen) atoms. The molecule has 0 atom stereocenters. The molecule has 0 saturated carbocycles. The number of hydrogen-bond donors (Lipinski definition) is 3. The first-order chi connectivity index (χ1) is 13.3. The number of ether oxygens (including phenoxy) is 4. The summed E-state index contributed by atoms with van der Waals surface area (Å²) in [7, 11) is 0. The van der Waals surface area contributed by atoms with Crippen LogP contribution in [-0.2, 0) is 33.3 Å². The van der Waals surface area contributed by atoms with E-state index in [1.54, 1.807) is 0 Å². The van der Waals surface area contributed by atoms with Crippen molar-refractivity contribution in [1.82, 2.24) is 0 Å². The molecule has 160 valence electrons. The van der Waals surface area contributed by atoms with E-state index in [0.29, 0.717) is 0 Å². The predicted octanol–water partition coefficient (Wildman–Crippen LogP) is 0.377. The maximum absolute atomic E-state index is 10.6. The molecule has 0 amide bonds. The molecule has 0 spiro atoms. The molecule has 0 aromatic heterocycles. The van der Waals surface area contributed by atoms with E-state index in [1.165, 1.54) is 0 Å². The van der Waals surface area contributed by atoms with Crippen LogP contribution in [0.4, 0.5) is 0 Å². The lowest BCUT2D eigenvalue weighted by Crippen LogP contribution is -2.42. The van der Waals surface area contributed by atoms with E-state index >= 15 is 0 Å². The Balaban J connectivity index is 4.89. The number of carbonyl (C=O) groups is 3. The fraction of sp³-hybridized carbons (Fsp3) is 0.765. The molecule has 0 unspecified atom stereocenters. The molecule has 11 heteroatoms. The molecule has 0 aromatic carbocycles. The normalized spacial score (nSPS) is 11.1. The van der Waals surface area contributed by atoms with Crippen LogP contribution in [0.3, 0.4) is 0 Å². The van der Waals surface area contributed by atoms with Crippen LogP contribution in [0.25, 0.3) is 0 Å². The molecule has 0 aromatic rings. The maximum atomic E-state index is 10.6. The van der Waals surface area contributed by atoms with Crippen molar-refractivity contribution in [2.75, 3.05) is 52.9 Å². The van der Waals surface area contributed by atoms with Crippen molar-refractivity contribution >= 4 is 17.9 Å².